The minimum absolute atomic E-state index is 0.0394. The molecule has 2 heterocycles. The van der Waals surface area contributed by atoms with E-state index < -0.39 is 23.4 Å². The topological polar surface area (TPSA) is 157 Å². The van der Waals surface area contributed by atoms with Crippen molar-refractivity contribution in [3.63, 3.8) is 0 Å². The number of imide groups is 1. The summed E-state index contributed by atoms with van der Waals surface area (Å²) in [5.41, 5.74) is 4.33. The number of carbonyl (C=O) groups excluding carboxylic acids is 5. The number of amides is 5. The molecule has 11 nitrogen and oxygen atoms in total. The molecule has 14 rings (SSSR count). The molecule has 0 unspecified atom stereocenters. The molecule has 2 aliphatic heterocycles. The number of hydrogen-bond acceptors (Lipinski definition) is 7. The molecular weight excluding hydrogens is 829 g/mol. The number of β-lactam (4-membered cyclic amide) rings is 2. The van der Waals surface area contributed by atoms with Crippen molar-refractivity contribution in [3.8, 4) is 0 Å². The lowest BCUT2D eigenvalue weighted by molar-refractivity contribution is -0.154. The van der Waals surface area contributed by atoms with Gasteiger partial charge in [0.05, 0.1) is 29.8 Å². The van der Waals surface area contributed by atoms with Crippen LogP contribution in [0.25, 0.3) is 0 Å². The number of nitrogens with one attached hydrogen (secondary N) is 2. The average molecular weight is 905 g/mol. The Morgan fingerprint density at radius 1 is 0.561 bits per heavy atom. The summed E-state index contributed by atoms with van der Waals surface area (Å²) in [6.07, 6.45) is 42.5. The third-order valence-electron chi connectivity index (χ3n) is 16.9. The molecule has 0 radical (unpaired) electrons. The van der Waals surface area contributed by atoms with E-state index in [4.69, 9.17) is 15.2 Å². The van der Waals surface area contributed by atoms with Crippen LogP contribution in [0.3, 0.4) is 0 Å². The van der Waals surface area contributed by atoms with Gasteiger partial charge in [-0.25, -0.2) is 14.5 Å². The van der Waals surface area contributed by atoms with Crippen molar-refractivity contribution in [2.45, 2.75) is 148 Å². The third-order valence-corrected chi connectivity index (χ3v) is 16.9. The van der Waals surface area contributed by atoms with Gasteiger partial charge in [-0.15, -0.1) is 0 Å². The van der Waals surface area contributed by atoms with Crippen LogP contribution in [0.15, 0.2) is 72.9 Å². The van der Waals surface area contributed by atoms with E-state index in [2.05, 4.69) is 71.4 Å². The van der Waals surface area contributed by atoms with Gasteiger partial charge in [-0.1, -0.05) is 72.9 Å². The zero-order chi connectivity index (χ0) is 46.7. The largest absolute Gasteiger partial charge is 0.444 e. The van der Waals surface area contributed by atoms with Crippen molar-refractivity contribution in [3.05, 3.63) is 72.9 Å². The number of carbonyl (C=O) groups is 5. The van der Waals surface area contributed by atoms with E-state index >= 15 is 0 Å². The monoisotopic (exact) mass is 905 g/mol. The van der Waals surface area contributed by atoms with Gasteiger partial charge in [0.1, 0.15) is 11.2 Å². The highest BCUT2D eigenvalue weighted by molar-refractivity contribution is 6.00. The summed E-state index contributed by atoms with van der Waals surface area (Å²) >= 11 is 0. The first-order chi connectivity index (χ1) is 31.4. The number of primary amides is 1. The first-order valence-corrected chi connectivity index (χ1v) is 25.6. The van der Waals surface area contributed by atoms with Gasteiger partial charge in [0.25, 0.3) is 0 Å². The molecule has 66 heavy (non-hydrogen) atoms. The van der Waals surface area contributed by atoms with Crippen molar-refractivity contribution in [1.29, 1.82) is 0 Å². The Labute approximate surface area is 392 Å². The van der Waals surface area contributed by atoms with E-state index in [1.807, 2.05) is 32.9 Å². The minimum Gasteiger partial charge on any atom is -0.444 e. The highest BCUT2D eigenvalue weighted by atomic mass is 16.6. The normalized spacial score (nSPS) is 41.7. The molecule has 14 aliphatic rings. The molecule has 6 saturated carbocycles. The molecule has 0 aromatic rings. The summed E-state index contributed by atoms with van der Waals surface area (Å²) in [7, 11) is 0. The molecule has 0 aromatic heterocycles. The number of fused-ring (bicyclic) bond motifs is 18. The lowest BCUT2D eigenvalue weighted by Gasteiger charge is -2.46. The summed E-state index contributed by atoms with van der Waals surface area (Å²) in [6, 6.07) is 0.349. The van der Waals surface area contributed by atoms with Crippen molar-refractivity contribution in [2.75, 3.05) is 0 Å². The second kappa shape index (κ2) is 18.6. The molecule has 5 amide bonds. The van der Waals surface area contributed by atoms with Crippen LogP contribution >= 0.6 is 0 Å². The lowest BCUT2D eigenvalue weighted by atomic mass is 9.80. The summed E-state index contributed by atoms with van der Waals surface area (Å²) in [6.45, 7) is 10.9. The fraction of sp³-hybridized carbons (Fsp3) is 0.691. The Kier molecular flexibility index (Phi) is 13.1. The molecule has 0 aromatic carbocycles. The summed E-state index contributed by atoms with van der Waals surface area (Å²) in [5, 5.41) is 5.73. The van der Waals surface area contributed by atoms with Crippen LogP contribution in [0.4, 0.5) is 9.59 Å². The lowest BCUT2D eigenvalue weighted by Crippen LogP contribution is -2.65. The van der Waals surface area contributed by atoms with Crippen LogP contribution in [-0.4, -0.2) is 64.1 Å². The van der Waals surface area contributed by atoms with Crippen LogP contribution in [0.2, 0.25) is 0 Å². The number of nitrogens with two attached hydrogens (primary N) is 1. The number of hydrogen-bond donors (Lipinski definition) is 3. The van der Waals surface area contributed by atoms with Crippen LogP contribution in [0.1, 0.15) is 119 Å². The summed E-state index contributed by atoms with van der Waals surface area (Å²) < 4.78 is 10.5. The maximum absolute atomic E-state index is 12.0. The van der Waals surface area contributed by atoms with Gasteiger partial charge in [-0.2, -0.15) is 0 Å². The summed E-state index contributed by atoms with van der Waals surface area (Å²) in [5.74, 6) is 8.23. The smallest absolute Gasteiger partial charge is 0.417 e. The van der Waals surface area contributed by atoms with E-state index in [1.54, 1.807) is 20.8 Å². The van der Waals surface area contributed by atoms with E-state index in [0.717, 1.165) is 48.3 Å². The van der Waals surface area contributed by atoms with Gasteiger partial charge in [0.2, 0.25) is 17.7 Å². The van der Waals surface area contributed by atoms with Crippen LogP contribution < -0.4 is 16.4 Å². The number of ether oxygens (including phenoxy) is 2. The van der Waals surface area contributed by atoms with Crippen LogP contribution in [0.5, 0.6) is 0 Å². The maximum Gasteiger partial charge on any atom is 0.417 e. The molecule has 4 N–H and O–H groups in total. The van der Waals surface area contributed by atoms with E-state index in [0.29, 0.717) is 35.6 Å². The first kappa shape index (κ1) is 46.7. The van der Waals surface area contributed by atoms with Gasteiger partial charge in [0.15, 0.2) is 0 Å². The standard InChI is InChI=1S/C13H20N2O3.C13H17NO3.C8H9NO.3C7H10/c1-13(2,3)18-12(17)15-10-8-5-4-7(6-8)9(10)11(14)16;1-13(2,3)17-12(16)14-10-8-5-4-7(6-8)9(10)11(14)15;10-8-6-4-1-2-5(3-4)7(6)9-8;3*1-2-7-4-3-6(1)5-7/h4-5,7-10H,6H2,1-3H3,(H2,14,16)(H,15,17);4-5,7-10H,6H2,1-3H3;1-2,4-7H,3H2,(H,9,10);3*1-2,6-7H,3-5H2/t2*7-,8+,9+,10-;4-,5+,6+,7-;3*6-,7+/m111.../s1. The molecule has 2 saturated heterocycles. The quantitative estimate of drug-likeness (QED) is 0.184. The zero-order valence-electron chi connectivity index (χ0n) is 40.2. The van der Waals surface area contributed by atoms with Gasteiger partial charge in [-0.05, 0) is 190 Å². The van der Waals surface area contributed by atoms with E-state index in [9.17, 15) is 24.0 Å². The van der Waals surface area contributed by atoms with Gasteiger partial charge < -0.3 is 25.8 Å². The molecule has 358 valence electrons. The second-order valence-corrected chi connectivity index (χ2v) is 23.9. The van der Waals surface area contributed by atoms with Crippen LogP contribution in [-0.2, 0) is 23.9 Å². The molecule has 0 spiro atoms. The number of nitrogens with zero attached hydrogens (tertiary/aromatic N) is 1. The average Bonchev–Trinajstić information content (AvgIpc) is 4.11. The molecule has 11 heteroatoms. The molecule has 12 aliphatic carbocycles. The SMILES string of the molecule is C1=C[C@H]2CC[C@@H]1C2.C1=C[C@H]2CC[C@@H]1C2.C1=C[C@H]2CC[C@@H]1C2.CC(C)(C)OC(=O)N1C(=O)[C@@H]2[C@H]1[C@H]1C=C[C@@H]2C1.CC(C)(C)OC(=O)N[C@H]1[C@@H](C(N)=O)[C@@H]2C=C[C@H]1C2.O=C1N[C@H]2[C@@H]1[C@@H]1C=C[C@H]2C1. The first-order valence-electron chi connectivity index (χ1n) is 25.6. The number of rotatable bonds is 2. The predicted molar refractivity (Wildman–Crippen MR) is 254 cm³/mol. The molecule has 12 bridgehead atoms. The van der Waals surface area contributed by atoms with E-state index in [1.165, 1.54) is 69.1 Å². The fourth-order valence-electron chi connectivity index (χ4n) is 13.8. The van der Waals surface area contributed by atoms with Crippen molar-refractivity contribution in [1.82, 2.24) is 15.5 Å². The number of alkyl carbamates (subject to hydrolysis) is 1. The Morgan fingerprint density at radius 3 is 1.39 bits per heavy atom. The van der Waals surface area contributed by atoms with Crippen molar-refractivity contribution in [2.24, 2.45) is 94.5 Å². The highest BCUT2D eigenvalue weighted by Gasteiger charge is 2.63. The van der Waals surface area contributed by atoms with Crippen molar-refractivity contribution < 1.29 is 33.4 Å². The number of likely N-dealkylation sites (tertiary alicyclic amines) is 1. The minimum atomic E-state index is -0.546. The predicted octanol–water partition coefficient (Wildman–Crippen LogP) is 9.37. The van der Waals surface area contributed by atoms with Crippen molar-refractivity contribution >= 4 is 29.9 Å². The molecule has 8 fully saturated rings. The van der Waals surface area contributed by atoms with Gasteiger partial charge in [0, 0.05) is 6.04 Å². The molecule has 18 atom stereocenters. The zero-order valence-corrected chi connectivity index (χ0v) is 40.2. The van der Waals surface area contributed by atoms with E-state index in [-0.39, 0.29) is 53.5 Å². The van der Waals surface area contributed by atoms with Gasteiger partial charge in [-0.3, -0.25) is 14.4 Å². The Hall–Kier alpha value is -4.41. The summed E-state index contributed by atoms with van der Waals surface area (Å²) in [4.78, 5) is 59.4. The van der Waals surface area contributed by atoms with Crippen LogP contribution in [0, 0.1) is 88.8 Å². The Balaban J connectivity index is 0.000000104. The maximum atomic E-state index is 12.0. The Morgan fingerprint density at radius 2 is 0.985 bits per heavy atom. The Bertz CT molecular complexity index is 1970. The third kappa shape index (κ3) is 10.1. The highest BCUT2D eigenvalue weighted by Crippen LogP contribution is 2.53. The fourth-order valence-corrected chi connectivity index (χ4v) is 13.8. The second-order valence-electron chi connectivity index (χ2n) is 23.9. The van der Waals surface area contributed by atoms with Gasteiger partial charge >= 0.3 is 12.2 Å². The molecular formula is C55H76N4O7. The number of allylic oxidation sites excluding steroid dienone is 9.